The van der Waals surface area contributed by atoms with Gasteiger partial charge < -0.3 is 4.74 Å². The van der Waals surface area contributed by atoms with Gasteiger partial charge in [0.25, 0.3) is 0 Å². The molecule has 11 heavy (non-hydrogen) atoms. The Bertz CT molecular complexity index is 142. The smallest absolute Gasteiger partial charge is 0.141 e. The summed E-state index contributed by atoms with van der Waals surface area (Å²) in [5.74, 6) is 0.616. The number of carbonyl (C=O) groups excluding carboxylic acids is 1. The maximum Gasteiger partial charge on any atom is 0.141 e. The first-order valence-electron chi connectivity index (χ1n) is 4.43. The Kier molecular flexibility index (Phi) is 3.06. The Morgan fingerprint density at radius 2 is 2.27 bits per heavy atom. The molecule has 0 aromatic heterocycles. The van der Waals surface area contributed by atoms with Crippen molar-refractivity contribution in [1.29, 1.82) is 0 Å². The van der Waals surface area contributed by atoms with E-state index < -0.39 is 0 Å². The van der Waals surface area contributed by atoms with Gasteiger partial charge >= 0.3 is 0 Å². The molecule has 0 heterocycles. The summed E-state index contributed by atoms with van der Waals surface area (Å²) in [5, 5.41) is 0. The fraction of sp³-hybridized carbons (Fsp3) is 0.889. The highest BCUT2D eigenvalue weighted by Gasteiger charge is 2.39. The van der Waals surface area contributed by atoms with Gasteiger partial charge in [-0.3, -0.25) is 4.79 Å². The van der Waals surface area contributed by atoms with Gasteiger partial charge in [-0.2, -0.15) is 0 Å². The van der Waals surface area contributed by atoms with E-state index in [-0.39, 0.29) is 12.0 Å². The van der Waals surface area contributed by atoms with Gasteiger partial charge in [0, 0.05) is 18.9 Å². The Hall–Kier alpha value is -0.370. The van der Waals surface area contributed by atoms with Crippen molar-refractivity contribution in [1.82, 2.24) is 0 Å². The number of hydrogen-bond donors (Lipinski definition) is 0. The van der Waals surface area contributed by atoms with Crippen LogP contribution in [0.25, 0.3) is 0 Å². The third kappa shape index (κ3) is 1.80. The summed E-state index contributed by atoms with van der Waals surface area (Å²) in [5.41, 5.74) is 0. The fourth-order valence-electron chi connectivity index (χ4n) is 1.59. The molecule has 2 atom stereocenters. The van der Waals surface area contributed by atoms with Gasteiger partial charge in [-0.05, 0) is 13.3 Å². The average Bonchev–Trinajstić information content (AvgIpc) is 2.00. The van der Waals surface area contributed by atoms with E-state index in [1.807, 2.05) is 6.92 Å². The SMILES string of the molecule is CCC[C@@H]1C(=O)C[C@H]1OCC. The van der Waals surface area contributed by atoms with Crippen LogP contribution in [0.2, 0.25) is 0 Å². The van der Waals surface area contributed by atoms with E-state index >= 15 is 0 Å². The molecule has 0 unspecified atom stereocenters. The Balaban J connectivity index is 2.29. The first-order chi connectivity index (χ1) is 5.29. The van der Waals surface area contributed by atoms with Gasteiger partial charge in [0.15, 0.2) is 0 Å². The molecule has 1 rings (SSSR count). The van der Waals surface area contributed by atoms with Gasteiger partial charge in [0.2, 0.25) is 0 Å². The number of hydrogen-bond acceptors (Lipinski definition) is 2. The number of ether oxygens (including phenoxy) is 1. The Morgan fingerprint density at radius 3 is 2.73 bits per heavy atom. The quantitative estimate of drug-likeness (QED) is 0.620. The zero-order chi connectivity index (χ0) is 8.27. The van der Waals surface area contributed by atoms with Gasteiger partial charge in [0.1, 0.15) is 5.78 Å². The summed E-state index contributed by atoms with van der Waals surface area (Å²) in [6, 6.07) is 0. The number of Topliss-reactive ketones (excluding diaryl/α,β-unsaturated/α-hetero) is 1. The van der Waals surface area contributed by atoms with Crippen molar-refractivity contribution in [3.05, 3.63) is 0 Å². The lowest BCUT2D eigenvalue weighted by molar-refractivity contribution is -0.145. The molecule has 0 spiro atoms. The molecule has 2 heteroatoms. The van der Waals surface area contributed by atoms with Crippen LogP contribution in [0.15, 0.2) is 0 Å². The molecule has 0 amide bonds. The van der Waals surface area contributed by atoms with E-state index in [1.165, 1.54) is 0 Å². The molecule has 0 bridgehead atoms. The monoisotopic (exact) mass is 156 g/mol. The van der Waals surface area contributed by atoms with E-state index in [1.54, 1.807) is 0 Å². The largest absolute Gasteiger partial charge is 0.377 e. The summed E-state index contributed by atoms with van der Waals surface area (Å²) < 4.78 is 5.39. The molecule has 0 saturated heterocycles. The van der Waals surface area contributed by atoms with Gasteiger partial charge in [-0.1, -0.05) is 13.3 Å². The second-order valence-electron chi connectivity index (χ2n) is 3.06. The van der Waals surface area contributed by atoms with Crippen LogP contribution < -0.4 is 0 Å². The lowest BCUT2D eigenvalue weighted by Crippen LogP contribution is -2.43. The highest BCUT2D eigenvalue weighted by molar-refractivity contribution is 5.88. The van der Waals surface area contributed by atoms with Crippen LogP contribution in [0, 0.1) is 5.92 Å². The zero-order valence-electron chi connectivity index (χ0n) is 7.30. The molecule has 0 aliphatic heterocycles. The van der Waals surface area contributed by atoms with Crippen LogP contribution in [-0.4, -0.2) is 18.5 Å². The first-order valence-corrected chi connectivity index (χ1v) is 4.43. The minimum absolute atomic E-state index is 0.222. The first kappa shape index (κ1) is 8.72. The minimum Gasteiger partial charge on any atom is -0.377 e. The fourth-order valence-corrected chi connectivity index (χ4v) is 1.59. The predicted molar refractivity (Wildman–Crippen MR) is 43.4 cm³/mol. The summed E-state index contributed by atoms with van der Waals surface area (Å²) >= 11 is 0. The molecule has 1 saturated carbocycles. The molecule has 0 N–H and O–H groups in total. The average molecular weight is 156 g/mol. The highest BCUT2D eigenvalue weighted by Crippen LogP contribution is 2.30. The summed E-state index contributed by atoms with van der Waals surface area (Å²) in [6.07, 6.45) is 2.98. The molecule has 64 valence electrons. The number of ketones is 1. The normalized spacial score (nSPS) is 30.2. The summed E-state index contributed by atoms with van der Waals surface area (Å²) in [7, 11) is 0. The van der Waals surface area contributed by atoms with E-state index in [9.17, 15) is 4.79 Å². The van der Waals surface area contributed by atoms with E-state index in [4.69, 9.17) is 4.74 Å². The third-order valence-electron chi connectivity index (χ3n) is 2.25. The van der Waals surface area contributed by atoms with Crippen molar-refractivity contribution in [2.45, 2.75) is 39.2 Å². The topological polar surface area (TPSA) is 26.3 Å². The molecule has 0 aromatic carbocycles. The Labute approximate surface area is 67.9 Å². The second kappa shape index (κ2) is 3.86. The molecule has 2 nitrogen and oxygen atoms in total. The summed E-state index contributed by atoms with van der Waals surface area (Å²) in [6.45, 7) is 4.82. The van der Waals surface area contributed by atoms with Crippen LogP contribution in [0.3, 0.4) is 0 Å². The standard InChI is InChI=1S/C9H16O2/c1-3-5-7-8(10)6-9(7)11-4-2/h7,9H,3-6H2,1-2H3/t7-,9-/m1/s1. The van der Waals surface area contributed by atoms with Crippen molar-refractivity contribution in [2.24, 2.45) is 5.92 Å². The number of rotatable bonds is 4. The molecule has 0 aromatic rings. The third-order valence-corrected chi connectivity index (χ3v) is 2.25. The van der Waals surface area contributed by atoms with E-state index in [2.05, 4.69) is 6.92 Å². The van der Waals surface area contributed by atoms with Crippen molar-refractivity contribution in [3.63, 3.8) is 0 Å². The van der Waals surface area contributed by atoms with E-state index in [0.717, 1.165) is 19.4 Å². The molecular formula is C9H16O2. The molecule has 1 aliphatic rings. The zero-order valence-corrected chi connectivity index (χ0v) is 7.30. The van der Waals surface area contributed by atoms with Gasteiger partial charge in [-0.15, -0.1) is 0 Å². The van der Waals surface area contributed by atoms with Crippen molar-refractivity contribution in [3.8, 4) is 0 Å². The number of carbonyl (C=O) groups is 1. The van der Waals surface area contributed by atoms with Crippen molar-refractivity contribution >= 4 is 5.78 Å². The molecule has 1 aliphatic carbocycles. The molecular weight excluding hydrogens is 140 g/mol. The van der Waals surface area contributed by atoms with Crippen LogP contribution >= 0.6 is 0 Å². The minimum atomic E-state index is 0.222. The lowest BCUT2D eigenvalue weighted by atomic mass is 9.77. The van der Waals surface area contributed by atoms with Crippen molar-refractivity contribution < 1.29 is 9.53 Å². The maximum absolute atomic E-state index is 11.0. The van der Waals surface area contributed by atoms with Crippen LogP contribution in [0.4, 0.5) is 0 Å². The van der Waals surface area contributed by atoms with Crippen LogP contribution in [0.1, 0.15) is 33.1 Å². The maximum atomic E-state index is 11.0. The molecule has 0 radical (unpaired) electrons. The Morgan fingerprint density at radius 1 is 1.55 bits per heavy atom. The van der Waals surface area contributed by atoms with Gasteiger partial charge in [0.05, 0.1) is 6.10 Å². The van der Waals surface area contributed by atoms with Crippen molar-refractivity contribution in [2.75, 3.05) is 6.61 Å². The summed E-state index contributed by atoms with van der Waals surface area (Å²) in [4.78, 5) is 11.0. The lowest BCUT2D eigenvalue weighted by Gasteiger charge is -2.34. The van der Waals surface area contributed by atoms with Crippen LogP contribution in [0.5, 0.6) is 0 Å². The van der Waals surface area contributed by atoms with E-state index in [0.29, 0.717) is 12.2 Å². The van der Waals surface area contributed by atoms with Crippen LogP contribution in [-0.2, 0) is 9.53 Å². The highest BCUT2D eigenvalue weighted by atomic mass is 16.5. The van der Waals surface area contributed by atoms with Gasteiger partial charge in [-0.25, -0.2) is 0 Å². The predicted octanol–water partition coefficient (Wildman–Crippen LogP) is 1.78. The molecule has 1 fully saturated rings. The second-order valence-corrected chi connectivity index (χ2v) is 3.06.